The molecule has 5 nitrogen and oxygen atoms in total. The molecule has 1 fully saturated rings. The number of esters is 1. The minimum Gasteiger partial charge on any atom is -0.469 e. The summed E-state index contributed by atoms with van der Waals surface area (Å²) in [4.78, 5) is 25.9. The van der Waals surface area contributed by atoms with Crippen LogP contribution in [0.25, 0.3) is 0 Å². The lowest BCUT2D eigenvalue weighted by Gasteiger charge is -2.46. The van der Waals surface area contributed by atoms with E-state index in [1.54, 1.807) is 14.0 Å². The van der Waals surface area contributed by atoms with Gasteiger partial charge in [-0.2, -0.15) is 5.26 Å². The van der Waals surface area contributed by atoms with Crippen molar-refractivity contribution in [1.82, 2.24) is 4.90 Å². The zero-order valence-electron chi connectivity index (χ0n) is 12.4. The lowest BCUT2D eigenvalue weighted by molar-refractivity contribution is -0.158. The number of piperidine rings is 1. The van der Waals surface area contributed by atoms with Gasteiger partial charge in [-0.3, -0.25) is 9.59 Å². The first kappa shape index (κ1) is 15.0. The van der Waals surface area contributed by atoms with Crippen molar-refractivity contribution in [3.63, 3.8) is 0 Å². The molecular formula is C16H18N2O3. The summed E-state index contributed by atoms with van der Waals surface area (Å²) >= 11 is 0. The van der Waals surface area contributed by atoms with E-state index in [1.165, 1.54) is 12.0 Å². The molecule has 0 radical (unpaired) electrons. The topological polar surface area (TPSA) is 70.4 Å². The molecule has 0 aliphatic carbocycles. The van der Waals surface area contributed by atoms with Crippen molar-refractivity contribution >= 4 is 11.9 Å². The number of likely N-dealkylation sites (tertiary alicyclic amines) is 1. The Balaban J connectivity index is 2.55. The third-order valence-corrected chi connectivity index (χ3v) is 4.38. The van der Waals surface area contributed by atoms with E-state index >= 15 is 0 Å². The van der Waals surface area contributed by atoms with E-state index in [4.69, 9.17) is 4.74 Å². The van der Waals surface area contributed by atoms with Gasteiger partial charge < -0.3 is 9.64 Å². The van der Waals surface area contributed by atoms with Crippen LogP contribution in [0.5, 0.6) is 0 Å². The molecule has 1 saturated heterocycles. The van der Waals surface area contributed by atoms with Crippen LogP contribution in [0, 0.1) is 17.2 Å². The lowest BCUT2D eigenvalue weighted by Crippen LogP contribution is -2.60. The zero-order valence-corrected chi connectivity index (χ0v) is 12.4. The number of ether oxygens (including phenoxy) is 1. The molecular weight excluding hydrogens is 268 g/mol. The van der Waals surface area contributed by atoms with E-state index in [-0.39, 0.29) is 18.2 Å². The summed E-state index contributed by atoms with van der Waals surface area (Å²) in [5.74, 6) is -1.68. The van der Waals surface area contributed by atoms with Crippen molar-refractivity contribution in [3.8, 4) is 6.07 Å². The molecule has 2 rings (SSSR count). The van der Waals surface area contributed by atoms with Crippen LogP contribution in [0.2, 0.25) is 0 Å². The summed E-state index contributed by atoms with van der Waals surface area (Å²) in [6, 6.07) is 11.5. The van der Waals surface area contributed by atoms with Gasteiger partial charge in [0.1, 0.15) is 11.5 Å². The van der Waals surface area contributed by atoms with Crippen LogP contribution >= 0.6 is 0 Å². The van der Waals surface area contributed by atoms with E-state index in [2.05, 4.69) is 6.07 Å². The molecule has 1 heterocycles. The Bertz CT molecular complexity index is 593. The average molecular weight is 286 g/mol. The van der Waals surface area contributed by atoms with Crippen LogP contribution in [0.3, 0.4) is 0 Å². The largest absolute Gasteiger partial charge is 0.469 e. The molecule has 1 aromatic rings. The second kappa shape index (κ2) is 5.57. The third-order valence-electron chi connectivity index (χ3n) is 4.38. The molecule has 5 heteroatoms. The van der Waals surface area contributed by atoms with Gasteiger partial charge in [0.2, 0.25) is 5.91 Å². The van der Waals surface area contributed by atoms with Crippen molar-refractivity contribution in [2.75, 3.05) is 14.2 Å². The Morgan fingerprint density at radius 3 is 2.57 bits per heavy atom. The molecule has 0 aromatic heterocycles. The van der Waals surface area contributed by atoms with Crippen LogP contribution in [-0.4, -0.2) is 36.5 Å². The lowest BCUT2D eigenvalue weighted by atomic mass is 9.69. The van der Waals surface area contributed by atoms with Crippen molar-refractivity contribution in [3.05, 3.63) is 35.9 Å². The van der Waals surface area contributed by atoms with Gasteiger partial charge in [0.05, 0.1) is 13.2 Å². The molecule has 0 saturated carbocycles. The van der Waals surface area contributed by atoms with Gasteiger partial charge in [-0.15, -0.1) is 0 Å². The molecule has 3 atom stereocenters. The summed E-state index contributed by atoms with van der Waals surface area (Å²) in [6.07, 6.45) is 0.192. The van der Waals surface area contributed by atoms with Crippen LogP contribution in [0.1, 0.15) is 24.8 Å². The van der Waals surface area contributed by atoms with Crippen molar-refractivity contribution in [1.29, 1.82) is 5.26 Å². The van der Waals surface area contributed by atoms with Crippen molar-refractivity contribution in [2.45, 2.75) is 24.8 Å². The number of benzene rings is 1. The summed E-state index contributed by atoms with van der Waals surface area (Å²) < 4.78 is 4.89. The first-order chi connectivity index (χ1) is 9.95. The maximum Gasteiger partial charge on any atom is 0.312 e. The minimum absolute atomic E-state index is 0.145. The molecule has 0 N–H and O–H groups in total. The third kappa shape index (κ3) is 2.38. The second-order valence-corrected chi connectivity index (χ2v) is 5.43. The highest BCUT2D eigenvalue weighted by Gasteiger charge is 2.54. The van der Waals surface area contributed by atoms with E-state index in [1.807, 2.05) is 30.3 Å². The quantitative estimate of drug-likeness (QED) is 0.776. The normalized spacial score (nSPS) is 28.9. The summed E-state index contributed by atoms with van der Waals surface area (Å²) in [5.41, 5.74) is -0.348. The van der Waals surface area contributed by atoms with Gasteiger partial charge in [0.25, 0.3) is 0 Å². The highest BCUT2D eigenvalue weighted by Crippen LogP contribution is 2.43. The Hall–Kier alpha value is -2.35. The number of nitriles is 1. The van der Waals surface area contributed by atoms with Crippen LogP contribution < -0.4 is 0 Å². The number of carbonyl (C=O) groups is 2. The molecule has 1 amide bonds. The first-order valence-electron chi connectivity index (χ1n) is 6.76. The van der Waals surface area contributed by atoms with E-state index in [0.29, 0.717) is 0 Å². The molecule has 110 valence electrons. The molecule has 0 unspecified atom stereocenters. The molecule has 0 spiro atoms. The highest BCUT2D eigenvalue weighted by molar-refractivity contribution is 5.85. The van der Waals surface area contributed by atoms with E-state index < -0.39 is 17.4 Å². The average Bonchev–Trinajstić information content (AvgIpc) is 2.52. The maximum absolute atomic E-state index is 12.3. The molecule has 1 aromatic carbocycles. The van der Waals surface area contributed by atoms with Gasteiger partial charge in [0, 0.05) is 19.4 Å². The van der Waals surface area contributed by atoms with Gasteiger partial charge in [-0.1, -0.05) is 30.3 Å². The van der Waals surface area contributed by atoms with Crippen LogP contribution in [-0.2, 0) is 14.3 Å². The fraction of sp³-hybridized carbons (Fsp3) is 0.438. The number of amides is 1. The standard InChI is InChI=1S/C16H18N2O3/c1-16(10-17)14(15(20)21-3)12(9-13(19)18(16)2)11-7-5-4-6-8-11/h4-8,12,14H,9H2,1-3H3/t12-,14+,16-/m1/s1. The Labute approximate surface area is 124 Å². The second-order valence-electron chi connectivity index (χ2n) is 5.43. The Morgan fingerprint density at radius 2 is 2.05 bits per heavy atom. The van der Waals surface area contributed by atoms with Gasteiger partial charge in [-0.25, -0.2) is 0 Å². The monoisotopic (exact) mass is 286 g/mol. The predicted octanol–water partition coefficient (Wildman–Crippen LogP) is 1.70. The number of carbonyl (C=O) groups excluding carboxylic acids is 2. The molecule has 21 heavy (non-hydrogen) atoms. The van der Waals surface area contributed by atoms with Crippen molar-refractivity contribution < 1.29 is 14.3 Å². The molecule has 0 bridgehead atoms. The molecule has 1 aliphatic heterocycles. The number of hydrogen-bond acceptors (Lipinski definition) is 4. The molecule has 1 aliphatic rings. The zero-order chi connectivity index (χ0) is 15.6. The Morgan fingerprint density at radius 1 is 1.43 bits per heavy atom. The predicted molar refractivity (Wildman–Crippen MR) is 76.1 cm³/mol. The highest BCUT2D eigenvalue weighted by atomic mass is 16.5. The number of nitrogens with zero attached hydrogens (tertiary/aromatic N) is 2. The number of rotatable bonds is 2. The van der Waals surface area contributed by atoms with Gasteiger partial charge in [0.15, 0.2) is 0 Å². The fourth-order valence-electron chi connectivity index (χ4n) is 2.98. The van der Waals surface area contributed by atoms with Gasteiger partial charge in [-0.05, 0) is 12.5 Å². The Kier molecular flexibility index (Phi) is 3.99. The summed E-state index contributed by atoms with van der Waals surface area (Å²) in [7, 11) is 2.86. The van der Waals surface area contributed by atoms with E-state index in [9.17, 15) is 14.9 Å². The number of hydrogen-bond donors (Lipinski definition) is 0. The first-order valence-corrected chi connectivity index (χ1v) is 6.76. The van der Waals surface area contributed by atoms with E-state index in [0.717, 1.165) is 5.56 Å². The van der Waals surface area contributed by atoms with Gasteiger partial charge >= 0.3 is 5.97 Å². The maximum atomic E-state index is 12.3. The van der Waals surface area contributed by atoms with Crippen LogP contribution in [0.15, 0.2) is 30.3 Å². The minimum atomic E-state index is -1.22. The SMILES string of the molecule is COC(=O)[C@@H]1[C@@H](c2ccccc2)CC(=O)N(C)[C@]1(C)C#N. The number of methoxy groups -OCH3 is 1. The smallest absolute Gasteiger partial charge is 0.312 e. The summed E-state index contributed by atoms with van der Waals surface area (Å²) in [6.45, 7) is 1.61. The summed E-state index contributed by atoms with van der Waals surface area (Å²) in [5, 5.41) is 9.57. The van der Waals surface area contributed by atoms with Crippen molar-refractivity contribution in [2.24, 2.45) is 5.92 Å². The van der Waals surface area contributed by atoms with Crippen LogP contribution in [0.4, 0.5) is 0 Å². The fourth-order valence-corrected chi connectivity index (χ4v) is 2.98.